The molecule has 6 heteroatoms. The zero-order chi connectivity index (χ0) is 17.1. The van der Waals surface area contributed by atoms with E-state index in [4.69, 9.17) is 4.74 Å². The summed E-state index contributed by atoms with van der Waals surface area (Å²) in [5, 5.41) is 6.29. The van der Waals surface area contributed by atoms with Crippen LogP contribution >= 0.6 is 11.3 Å². The van der Waals surface area contributed by atoms with Crippen LogP contribution in [0.25, 0.3) is 10.4 Å². The van der Waals surface area contributed by atoms with E-state index in [-0.39, 0.29) is 24.1 Å². The average Bonchev–Trinajstić information content (AvgIpc) is 3.23. The van der Waals surface area contributed by atoms with Gasteiger partial charge in [0.1, 0.15) is 0 Å². The van der Waals surface area contributed by atoms with E-state index in [0.717, 1.165) is 29.8 Å². The van der Waals surface area contributed by atoms with Gasteiger partial charge in [0.15, 0.2) is 0 Å². The Bertz CT molecular complexity index is 699. The summed E-state index contributed by atoms with van der Waals surface area (Å²) in [5.41, 5.74) is 5.17. The maximum atomic E-state index is 12.4. The number of methoxy groups -OCH3 is 1. The molecule has 2 heterocycles. The van der Waals surface area contributed by atoms with Crippen LogP contribution in [0.15, 0.2) is 29.8 Å². The number of hydrogen-bond acceptors (Lipinski definition) is 5. The highest BCUT2D eigenvalue weighted by Gasteiger charge is 2.29. The Morgan fingerprint density at radius 1 is 1.42 bits per heavy atom. The number of carbonyl (C=O) groups excluding carboxylic acids is 1. The fourth-order valence-electron chi connectivity index (χ4n) is 2.98. The molecule has 1 aliphatic rings. The Hall–Kier alpha value is -1.76. The van der Waals surface area contributed by atoms with Crippen LogP contribution in [0.4, 0.5) is 0 Å². The van der Waals surface area contributed by atoms with Crippen LogP contribution in [0.1, 0.15) is 30.6 Å². The van der Waals surface area contributed by atoms with Crippen LogP contribution in [0.3, 0.4) is 0 Å². The van der Waals surface area contributed by atoms with Crippen molar-refractivity contribution in [2.45, 2.75) is 38.5 Å². The minimum atomic E-state index is -0.170. The molecule has 0 spiro atoms. The van der Waals surface area contributed by atoms with Gasteiger partial charge in [0.05, 0.1) is 34.3 Å². The summed E-state index contributed by atoms with van der Waals surface area (Å²) >= 11 is 1.65. The third-order valence-electron chi connectivity index (χ3n) is 4.52. The van der Waals surface area contributed by atoms with Crippen molar-refractivity contribution < 1.29 is 9.53 Å². The first-order valence-corrected chi connectivity index (χ1v) is 9.03. The van der Waals surface area contributed by atoms with Crippen molar-refractivity contribution >= 4 is 17.2 Å². The molecule has 0 aliphatic carbocycles. The van der Waals surface area contributed by atoms with E-state index in [1.165, 1.54) is 4.88 Å². The second kappa shape index (κ2) is 7.42. The zero-order valence-corrected chi connectivity index (χ0v) is 15.0. The number of nitrogens with one attached hydrogen (secondary N) is 2. The van der Waals surface area contributed by atoms with Crippen molar-refractivity contribution in [2.75, 3.05) is 13.7 Å². The average molecular weight is 345 g/mol. The maximum Gasteiger partial charge on any atom is 0.237 e. The molecule has 3 atom stereocenters. The molecule has 0 bridgehead atoms. The highest BCUT2D eigenvalue weighted by atomic mass is 32.1. The molecule has 1 aromatic carbocycles. The molecule has 2 aromatic rings. The lowest BCUT2D eigenvalue weighted by atomic mass is 10.0. The fraction of sp³-hybridized carbons (Fsp3) is 0.444. The van der Waals surface area contributed by atoms with Gasteiger partial charge in [-0.15, -0.1) is 11.3 Å². The Labute approximate surface area is 146 Å². The van der Waals surface area contributed by atoms with Gasteiger partial charge >= 0.3 is 0 Å². The molecule has 1 aliphatic heterocycles. The first-order valence-electron chi connectivity index (χ1n) is 8.15. The fourth-order valence-corrected chi connectivity index (χ4v) is 3.79. The molecule has 1 fully saturated rings. The monoisotopic (exact) mass is 345 g/mol. The number of thiazole rings is 1. The number of nitrogens with zero attached hydrogens (tertiary/aromatic N) is 1. The number of carbonyl (C=O) groups is 1. The first kappa shape index (κ1) is 17.1. The zero-order valence-electron chi connectivity index (χ0n) is 14.2. The SMILES string of the molecule is COC1CNC(C(=O)N[C@@H](C)c2ccc(-c3scnc3C)cc2)C1. The Morgan fingerprint density at radius 2 is 2.17 bits per heavy atom. The minimum absolute atomic E-state index is 0.0301. The molecule has 1 aromatic heterocycles. The van der Waals surface area contributed by atoms with Gasteiger partial charge in [-0.05, 0) is 31.4 Å². The van der Waals surface area contributed by atoms with Crippen LogP contribution in [-0.4, -0.2) is 36.7 Å². The highest BCUT2D eigenvalue weighted by molar-refractivity contribution is 7.13. The number of aryl methyl sites for hydroxylation is 1. The quantitative estimate of drug-likeness (QED) is 0.874. The summed E-state index contributed by atoms with van der Waals surface area (Å²) in [6, 6.07) is 8.12. The van der Waals surface area contributed by atoms with Gasteiger partial charge in [-0.25, -0.2) is 4.98 Å². The van der Waals surface area contributed by atoms with Crippen LogP contribution in [0.5, 0.6) is 0 Å². The van der Waals surface area contributed by atoms with Gasteiger partial charge in [-0.1, -0.05) is 24.3 Å². The molecule has 2 unspecified atom stereocenters. The third-order valence-corrected chi connectivity index (χ3v) is 5.50. The Balaban J connectivity index is 1.62. The lowest BCUT2D eigenvalue weighted by Gasteiger charge is -2.18. The first-order chi connectivity index (χ1) is 11.6. The molecule has 2 N–H and O–H groups in total. The second-order valence-electron chi connectivity index (χ2n) is 6.17. The molecule has 128 valence electrons. The number of hydrogen-bond donors (Lipinski definition) is 2. The summed E-state index contributed by atoms with van der Waals surface area (Å²) in [6.07, 6.45) is 0.844. The topological polar surface area (TPSA) is 63.2 Å². The molecule has 0 radical (unpaired) electrons. The summed E-state index contributed by atoms with van der Waals surface area (Å²) in [6.45, 7) is 4.75. The van der Waals surface area contributed by atoms with Gasteiger partial charge in [0.25, 0.3) is 0 Å². The lowest BCUT2D eigenvalue weighted by molar-refractivity contribution is -0.123. The van der Waals surface area contributed by atoms with Crippen LogP contribution in [0, 0.1) is 6.92 Å². The lowest BCUT2D eigenvalue weighted by Crippen LogP contribution is -2.41. The van der Waals surface area contributed by atoms with Crippen molar-refractivity contribution in [3.63, 3.8) is 0 Å². The number of benzene rings is 1. The smallest absolute Gasteiger partial charge is 0.237 e. The molecule has 5 nitrogen and oxygen atoms in total. The minimum Gasteiger partial charge on any atom is -0.380 e. The third kappa shape index (κ3) is 3.66. The van der Waals surface area contributed by atoms with Gasteiger partial charge < -0.3 is 15.4 Å². The molecular formula is C18H23N3O2S. The van der Waals surface area contributed by atoms with Crippen molar-refractivity contribution in [2.24, 2.45) is 0 Å². The normalized spacial score (nSPS) is 21.6. The van der Waals surface area contributed by atoms with Gasteiger partial charge in [0, 0.05) is 13.7 Å². The molecule has 3 rings (SSSR count). The highest BCUT2D eigenvalue weighted by Crippen LogP contribution is 2.28. The molecule has 0 saturated carbocycles. The van der Waals surface area contributed by atoms with E-state index in [1.54, 1.807) is 18.4 Å². The Morgan fingerprint density at radius 3 is 2.75 bits per heavy atom. The number of amides is 1. The second-order valence-corrected chi connectivity index (χ2v) is 7.03. The van der Waals surface area contributed by atoms with Gasteiger partial charge in [-0.3, -0.25) is 4.79 Å². The number of aromatic nitrogens is 1. The van der Waals surface area contributed by atoms with E-state index < -0.39 is 0 Å². The standard InChI is InChI=1S/C18H23N3O2S/c1-11(21-18(22)16-8-15(23-3)9-19-16)13-4-6-14(7-5-13)17-12(2)20-10-24-17/h4-7,10-11,15-16,19H,8-9H2,1-3H3,(H,21,22)/t11-,15?,16?/m0/s1. The van der Waals surface area contributed by atoms with E-state index in [0.29, 0.717) is 0 Å². The van der Waals surface area contributed by atoms with Crippen molar-refractivity contribution in [1.29, 1.82) is 0 Å². The summed E-state index contributed by atoms with van der Waals surface area (Å²) in [7, 11) is 1.68. The van der Waals surface area contributed by atoms with E-state index in [9.17, 15) is 4.79 Å². The van der Waals surface area contributed by atoms with Crippen molar-refractivity contribution in [3.05, 3.63) is 41.0 Å². The van der Waals surface area contributed by atoms with Crippen LogP contribution < -0.4 is 10.6 Å². The van der Waals surface area contributed by atoms with E-state index >= 15 is 0 Å². The van der Waals surface area contributed by atoms with Crippen LogP contribution in [0.2, 0.25) is 0 Å². The van der Waals surface area contributed by atoms with E-state index in [1.807, 2.05) is 19.4 Å². The predicted molar refractivity (Wildman–Crippen MR) is 96.0 cm³/mol. The predicted octanol–water partition coefficient (Wildman–Crippen LogP) is 2.67. The Kier molecular flexibility index (Phi) is 5.28. The number of rotatable bonds is 5. The van der Waals surface area contributed by atoms with Gasteiger partial charge in [0.2, 0.25) is 5.91 Å². The molecule has 1 amide bonds. The number of ether oxygens (including phenoxy) is 1. The summed E-state index contributed by atoms with van der Waals surface area (Å²) < 4.78 is 5.29. The molecule has 1 saturated heterocycles. The van der Waals surface area contributed by atoms with E-state index in [2.05, 4.69) is 39.9 Å². The molecular weight excluding hydrogens is 322 g/mol. The van der Waals surface area contributed by atoms with Crippen LogP contribution in [-0.2, 0) is 9.53 Å². The summed E-state index contributed by atoms with van der Waals surface area (Å²) in [4.78, 5) is 17.8. The van der Waals surface area contributed by atoms with Crippen molar-refractivity contribution in [3.8, 4) is 10.4 Å². The summed E-state index contributed by atoms with van der Waals surface area (Å²) in [5.74, 6) is 0.0319. The van der Waals surface area contributed by atoms with Gasteiger partial charge in [-0.2, -0.15) is 0 Å². The molecule has 24 heavy (non-hydrogen) atoms. The van der Waals surface area contributed by atoms with Crippen molar-refractivity contribution in [1.82, 2.24) is 15.6 Å². The largest absolute Gasteiger partial charge is 0.380 e. The maximum absolute atomic E-state index is 12.4.